The highest BCUT2D eigenvalue weighted by atomic mass is 15.3. The minimum atomic E-state index is 0.252. The number of nitrogens with zero attached hydrogens (tertiary/aromatic N) is 1. The fraction of sp³-hybridized carbons (Fsp3) is 1.00. The van der Waals surface area contributed by atoms with Crippen LogP contribution >= 0.6 is 0 Å². The van der Waals surface area contributed by atoms with Gasteiger partial charge in [0.05, 0.1) is 0 Å². The minimum absolute atomic E-state index is 0.252. The first-order chi connectivity index (χ1) is 6.81. The second-order valence-electron chi connectivity index (χ2n) is 5.78. The van der Waals surface area contributed by atoms with Crippen LogP contribution in [0.4, 0.5) is 0 Å². The summed E-state index contributed by atoms with van der Waals surface area (Å²) in [5, 5.41) is 0. The normalized spacial score (nSPS) is 48.2. The summed E-state index contributed by atoms with van der Waals surface area (Å²) in [6, 6.07) is 0.344. The van der Waals surface area contributed by atoms with Gasteiger partial charge in [-0.1, -0.05) is 20.8 Å². The van der Waals surface area contributed by atoms with Crippen molar-refractivity contribution in [2.45, 2.75) is 71.0 Å². The third kappa shape index (κ3) is 1.83. The summed E-state index contributed by atoms with van der Waals surface area (Å²) < 4.78 is 0. The van der Waals surface area contributed by atoms with Gasteiger partial charge >= 0.3 is 0 Å². The van der Waals surface area contributed by atoms with E-state index in [0.29, 0.717) is 12.0 Å². The highest BCUT2D eigenvalue weighted by Gasteiger charge is 2.49. The van der Waals surface area contributed by atoms with Crippen LogP contribution < -0.4 is 5.73 Å². The minimum Gasteiger partial charge on any atom is -0.327 e. The average molecular weight is 212 g/mol. The summed E-state index contributed by atoms with van der Waals surface area (Å²) in [5.41, 5.74) is 6.84. The molecule has 2 N–H and O–H groups in total. The van der Waals surface area contributed by atoms with E-state index in [1.165, 1.54) is 12.8 Å². The molecule has 0 spiro atoms. The van der Waals surface area contributed by atoms with Crippen molar-refractivity contribution in [3.63, 3.8) is 0 Å². The van der Waals surface area contributed by atoms with Crippen molar-refractivity contribution in [2.24, 2.45) is 11.7 Å². The summed E-state index contributed by atoms with van der Waals surface area (Å²) >= 11 is 0. The van der Waals surface area contributed by atoms with Crippen LogP contribution in [0.5, 0.6) is 0 Å². The topological polar surface area (TPSA) is 29.3 Å². The molecule has 0 aliphatic carbocycles. The van der Waals surface area contributed by atoms with Crippen LogP contribution in [0.2, 0.25) is 0 Å². The lowest BCUT2D eigenvalue weighted by Gasteiger charge is -2.59. The Bertz CT molecular complexity index is 229. The molecule has 1 heterocycles. The van der Waals surface area contributed by atoms with E-state index in [1.807, 2.05) is 0 Å². The van der Waals surface area contributed by atoms with Gasteiger partial charge < -0.3 is 5.73 Å². The molecule has 0 radical (unpaired) electrons. The van der Waals surface area contributed by atoms with Crippen molar-refractivity contribution in [1.82, 2.24) is 4.90 Å². The Kier molecular flexibility index (Phi) is 3.52. The molecule has 1 fully saturated rings. The highest BCUT2D eigenvalue weighted by Crippen LogP contribution is 2.43. The zero-order valence-corrected chi connectivity index (χ0v) is 11.3. The molecular formula is C13H28N2. The van der Waals surface area contributed by atoms with Crippen molar-refractivity contribution in [1.29, 1.82) is 0 Å². The van der Waals surface area contributed by atoms with Crippen molar-refractivity contribution < 1.29 is 0 Å². The van der Waals surface area contributed by atoms with Crippen LogP contribution in [0.15, 0.2) is 0 Å². The second kappa shape index (κ2) is 4.06. The lowest BCUT2D eigenvalue weighted by atomic mass is 9.67. The number of nitrogens with two attached hydrogens (primary N) is 1. The van der Waals surface area contributed by atoms with E-state index in [1.54, 1.807) is 0 Å². The molecule has 0 aromatic heterocycles. The molecule has 1 saturated heterocycles. The summed E-state index contributed by atoms with van der Waals surface area (Å²) in [6.07, 6.45) is 3.48. The summed E-state index contributed by atoms with van der Waals surface area (Å²) in [7, 11) is 2.27. The van der Waals surface area contributed by atoms with Gasteiger partial charge in [-0.15, -0.1) is 0 Å². The lowest BCUT2D eigenvalue weighted by Crippen LogP contribution is -2.67. The van der Waals surface area contributed by atoms with Gasteiger partial charge in [-0.3, -0.25) is 4.90 Å². The van der Waals surface area contributed by atoms with Crippen LogP contribution in [-0.2, 0) is 0 Å². The van der Waals surface area contributed by atoms with Gasteiger partial charge in [0.15, 0.2) is 0 Å². The third-order valence-corrected chi connectivity index (χ3v) is 5.35. The summed E-state index contributed by atoms with van der Waals surface area (Å²) in [6.45, 7) is 11.6. The summed E-state index contributed by atoms with van der Waals surface area (Å²) in [4.78, 5) is 2.58. The maximum absolute atomic E-state index is 6.32. The Balaban J connectivity index is 3.05. The largest absolute Gasteiger partial charge is 0.327 e. The molecule has 4 atom stereocenters. The van der Waals surface area contributed by atoms with Crippen molar-refractivity contribution >= 4 is 0 Å². The van der Waals surface area contributed by atoms with Gasteiger partial charge in [-0.05, 0) is 46.1 Å². The molecule has 0 amide bonds. The molecule has 0 aromatic rings. The molecule has 90 valence electrons. The smallest absolute Gasteiger partial charge is 0.0221 e. The van der Waals surface area contributed by atoms with E-state index in [9.17, 15) is 0 Å². The van der Waals surface area contributed by atoms with Crippen molar-refractivity contribution in [3.05, 3.63) is 0 Å². The summed E-state index contributed by atoms with van der Waals surface area (Å²) in [5.74, 6) is 0.576. The van der Waals surface area contributed by atoms with Crippen LogP contribution in [0.25, 0.3) is 0 Å². The van der Waals surface area contributed by atoms with Crippen LogP contribution in [0.3, 0.4) is 0 Å². The Labute approximate surface area is 95.2 Å². The SMILES string of the molecule is CCC1(C)CC(N)C(C)C(C)(CC)N1C. The Hall–Kier alpha value is -0.0800. The maximum Gasteiger partial charge on any atom is 0.0221 e. The first-order valence-electron chi connectivity index (χ1n) is 6.31. The predicted octanol–water partition coefficient (Wildman–Crippen LogP) is 2.62. The lowest BCUT2D eigenvalue weighted by molar-refractivity contribution is -0.0721. The van der Waals surface area contributed by atoms with E-state index in [0.717, 1.165) is 6.42 Å². The Morgan fingerprint density at radius 3 is 2.20 bits per heavy atom. The molecule has 15 heavy (non-hydrogen) atoms. The number of hydrogen-bond acceptors (Lipinski definition) is 2. The van der Waals surface area contributed by atoms with E-state index in [4.69, 9.17) is 5.73 Å². The molecule has 4 unspecified atom stereocenters. The van der Waals surface area contributed by atoms with Crippen LogP contribution in [-0.4, -0.2) is 29.1 Å². The zero-order chi connectivity index (χ0) is 11.9. The van der Waals surface area contributed by atoms with Gasteiger partial charge in [0.1, 0.15) is 0 Å². The predicted molar refractivity (Wildman–Crippen MR) is 66.9 cm³/mol. The van der Waals surface area contributed by atoms with E-state index >= 15 is 0 Å². The van der Waals surface area contributed by atoms with E-state index in [2.05, 4.69) is 46.6 Å². The van der Waals surface area contributed by atoms with Crippen LogP contribution in [0.1, 0.15) is 53.9 Å². The molecule has 0 aromatic carbocycles. The second-order valence-corrected chi connectivity index (χ2v) is 5.78. The van der Waals surface area contributed by atoms with Gasteiger partial charge in [-0.2, -0.15) is 0 Å². The van der Waals surface area contributed by atoms with E-state index < -0.39 is 0 Å². The Morgan fingerprint density at radius 1 is 1.27 bits per heavy atom. The van der Waals surface area contributed by atoms with Gasteiger partial charge in [0.2, 0.25) is 0 Å². The Morgan fingerprint density at radius 2 is 1.80 bits per heavy atom. The highest BCUT2D eigenvalue weighted by molar-refractivity contribution is 5.06. The fourth-order valence-electron chi connectivity index (χ4n) is 3.15. The third-order valence-electron chi connectivity index (χ3n) is 5.35. The molecule has 1 aliphatic rings. The maximum atomic E-state index is 6.32. The van der Waals surface area contributed by atoms with E-state index in [-0.39, 0.29) is 11.1 Å². The standard InChI is InChI=1S/C13H28N2/c1-7-12(4)9-11(14)10(3)13(5,8-2)15(12)6/h10-11H,7-9,14H2,1-6H3. The number of likely N-dealkylation sites (tertiary alicyclic amines) is 1. The molecule has 0 bridgehead atoms. The number of rotatable bonds is 2. The van der Waals surface area contributed by atoms with Crippen LogP contribution in [0, 0.1) is 5.92 Å². The number of piperidine rings is 1. The van der Waals surface area contributed by atoms with Gasteiger partial charge in [0.25, 0.3) is 0 Å². The number of hydrogen-bond donors (Lipinski definition) is 1. The molecule has 0 saturated carbocycles. The molecular weight excluding hydrogens is 184 g/mol. The molecule has 2 heteroatoms. The molecule has 1 aliphatic heterocycles. The zero-order valence-electron chi connectivity index (χ0n) is 11.3. The molecule has 1 rings (SSSR count). The van der Waals surface area contributed by atoms with Crippen molar-refractivity contribution in [3.8, 4) is 0 Å². The monoisotopic (exact) mass is 212 g/mol. The first-order valence-corrected chi connectivity index (χ1v) is 6.31. The average Bonchev–Trinajstić information content (AvgIpc) is 2.23. The van der Waals surface area contributed by atoms with Crippen molar-refractivity contribution in [2.75, 3.05) is 7.05 Å². The van der Waals surface area contributed by atoms with Gasteiger partial charge in [0, 0.05) is 17.1 Å². The fourth-order valence-corrected chi connectivity index (χ4v) is 3.15. The quantitative estimate of drug-likeness (QED) is 0.762. The molecule has 2 nitrogen and oxygen atoms in total. The first kappa shape index (κ1) is 13.0. The van der Waals surface area contributed by atoms with Gasteiger partial charge in [-0.25, -0.2) is 0 Å².